The Hall–Kier alpha value is -2.95. The molecule has 22 heavy (non-hydrogen) atoms. The zero-order chi connectivity index (χ0) is 15.7. The van der Waals surface area contributed by atoms with Crippen LogP contribution < -0.4 is 0 Å². The fourth-order valence-electron chi connectivity index (χ4n) is 2.21. The van der Waals surface area contributed by atoms with E-state index in [-0.39, 0.29) is 5.82 Å². The van der Waals surface area contributed by atoms with E-state index in [1.54, 1.807) is 4.68 Å². The molecule has 0 atom stereocenters. The van der Waals surface area contributed by atoms with Crippen LogP contribution in [0.1, 0.15) is 21.7 Å². The van der Waals surface area contributed by atoms with Crippen molar-refractivity contribution in [1.82, 2.24) is 14.8 Å². The smallest absolute Gasteiger partial charge is 0.375 e. The monoisotopic (exact) mass is 293 g/mol. The number of aromatic carboxylic acids is 1. The minimum atomic E-state index is -1.14. The highest BCUT2D eigenvalue weighted by Gasteiger charge is 2.17. The molecular formula is C17H15N3O2. The van der Waals surface area contributed by atoms with Gasteiger partial charge in [0.2, 0.25) is 0 Å². The molecule has 0 aliphatic carbocycles. The van der Waals surface area contributed by atoms with Crippen LogP contribution >= 0.6 is 0 Å². The Balaban J connectivity index is 2.21. The molecule has 3 aromatic rings. The van der Waals surface area contributed by atoms with Gasteiger partial charge in [0, 0.05) is 5.56 Å². The van der Waals surface area contributed by atoms with Crippen LogP contribution in [0.3, 0.4) is 0 Å². The molecular weight excluding hydrogens is 278 g/mol. The van der Waals surface area contributed by atoms with Crippen molar-refractivity contribution in [3.8, 4) is 17.1 Å². The lowest BCUT2D eigenvalue weighted by atomic mass is 10.1. The van der Waals surface area contributed by atoms with E-state index in [4.69, 9.17) is 0 Å². The van der Waals surface area contributed by atoms with Crippen molar-refractivity contribution in [3.63, 3.8) is 0 Å². The molecule has 5 heteroatoms. The van der Waals surface area contributed by atoms with Crippen LogP contribution in [0.15, 0.2) is 48.5 Å². The number of aromatic nitrogens is 3. The number of aryl methyl sites for hydroxylation is 2. The molecule has 0 spiro atoms. The first-order valence-electron chi connectivity index (χ1n) is 6.89. The minimum absolute atomic E-state index is 0.211. The van der Waals surface area contributed by atoms with Gasteiger partial charge in [-0.05, 0) is 37.1 Å². The first kappa shape index (κ1) is 14.0. The van der Waals surface area contributed by atoms with E-state index in [1.807, 2.05) is 62.4 Å². The van der Waals surface area contributed by atoms with Crippen LogP contribution in [0.25, 0.3) is 17.1 Å². The Labute approximate surface area is 127 Å². The van der Waals surface area contributed by atoms with E-state index in [9.17, 15) is 9.90 Å². The van der Waals surface area contributed by atoms with Gasteiger partial charge in [0.05, 0.1) is 5.69 Å². The van der Waals surface area contributed by atoms with Gasteiger partial charge in [-0.25, -0.2) is 14.5 Å². The molecule has 3 rings (SSSR count). The number of hydrogen-bond acceptors (Lipinski definition) is 3. The summed E-state index contributed by atoms with van der Waals surface area (Å²) in [7, 11) is 0. The molecule has 0 radical (unpaired) electrons. The number of rotatable bonds is 3. The third-order valence-corrected chi connectivity index (χ3v) is 3.57. The summed E-state index contributed by atoms with van der Waals surface area (Å²) in [5.41, 5.74) is 3.90. The van der Waals surface area contributed by atoms with Crippen molar-refractivity contribution in [3.05, 3.63) is 65.5 Å². The van der Waals surface area contributed by atoms with Gasteiger partial charge in [-0.1, -0.05) is 36.4 Å². The number of carboxylic acids is 1. The highest BCUT2D eigenvalue weighted by atomic mass is 16.4. The largest absolute Gasteiger partial charge is 0.475 e. The maximum Gasteiger partial charge on any atom is 0.375 e. The van der Waals surface area contributed by atoms with Gasteiger partial charge in [0.25, 0.3) is 5.82 Å². The first-order chi connectivity index (χ1) is 10.6. The lowest BCUT2D eigenvalue weighted by molar-refractivity contribution is 0.0683. The first-order valence-corrected chi connectivity index (χ1v) is 6.89. The van der Waals surface area contributed by atoms with Crippen molar-refractivity contribution >= 4 is 5.97 Å². The summed E-state index contributed by atoms with van der Waals surface area (Å²) in [5.74, 6) is -0.835. The maximum absolute atomic E-state index is 11.2. The predicted molar refractivity (Wildman–Crippen MR) is 83.2 cm³/mol. The predicted octanol–water partition coefficient (Wildman–Crippen LogP) is 3.25. The van der Waals surface area contributed by atoms with Crippen molar-refractivity contribution in [2.45, 2.75) is 13.8 Å². The van der Waals surface area contributed by atoms with E-state index in [1.165, 1.54) is 5.56 Å². The van der Waals surface area contributed by atoms with Crippen LogP contribution in [0.4, 0.5) is 0 Å². The molecule has 0 saturated carbocycles. The Morgan fingerprint density at radius 1 is 1.05 bits per heavy atom. The summed E-state index contributed by atoms with van der Waals surface area (Å²) < 4.78 is 1.57. The second-order valence-corrected chi connectivity index (χ2v) is 5.11. The molecule has 1 N–H and O–H groups in total. The van der Waals surface area contributed by atoms with Gasteiger partial charge >= 0.3 is 5.97 Å². The third-order valence-electron chi connectivity index (χ3n) is 3.57. The van der Waals surface area contributed by atoms with Gasteiger partial charge in [-0.2, -0.15) is 0 Å². The zero-order valence-corrected chi connectivity index (χ0v) is 12.3. The Morgan fingerprint density at radius 2 is 1.77 bits per heavy atom. The SMILES string of the molecule is Cc1ccc(-n2nc(C(=O)O)nc2-c2ccccc2)cc1C. The average molecular weight is 293 g/mol. The third kappa shape index (κ3) is 2.48. The van der Waals surface area contributed by atoms with E-state index in [0.29, 0.717) is 5.82 Å². The highest BCUT2D eigenvalue weighted by Crippen LogP contribution is 2.22. The topological polar surface area (TPSA) is 68.0 Å². The normalized spacial score (nSPS) is 10.6. The summed E-state index contributed by atoms with van der Waals surface area (Å²) in [5, 5.41) is 13.3. The van der Waals surface area contributed by atoms with Gasteiger partial charge in [-0.15, -0.1) is 5.10 Å². The van der Waals surface area contributed by atoms with Crippen LogP contribution in [0.2, 0.25) is 0 Å². The zero-order valence-electron chi connectivity index (χ0n) is 12.3. The molecule has 0 bridgehead atoms. The van der Waals surface area contributed by atoms with Gasteiger partial charge in [-0.3, -0.25) is 0 Å². The lowest BCUT2D eigenvalue weighted by Crippen LogP contribution is -2.03. The molecule has 0 aliphatic heterocycles. The molecule has 5 nitrogen and oxygen atoms in total. The summed E-state index contributed by atoms with van der Waals surface area (Å²) in [6, 6.07) is 15.3. The van der Waals surface area contributed by atoms with Crippen molar-refractivity contribution in [2.75, 3.05) is 0 Å². The van der Waals surface area contributed by atoms with E-state index in [0.717, 1.165) is 16.8 Å². The van der Waals surface area contributed by atoms with Gasteiger partial charge in [0.1, 0.15) is 0 Å². The molecule has 0 amide bonds. The second-order valence-electron chi connectivity index (χ2n) is 5.11. The van der Waals surface area contributed by atoms with Crippen molar-refractivity contribution < 1.29 is 9.90 Å². The number of benzene rings is 2. The summed E-state index contributed by atoms with van der Waals surface area (Å²) >= 11 is 0. The van der Waals surface area contributed by atoms with Crippen LogP contribution in [-0.4, -0.2) is 25.8 Å². The van der Waals surface area contributed by atoms with Crippen molar-refractivity contribution in [2.24, 2.45) is 0 Å². The molecule has 0 saturated heterocycles. The quantitative estimate of drug-likeness (QED) is 0.805. The lowest BCUT2D eigenvalue weighted by Gasteiger charge is -2.08. The number of nitrogens with zero attached hydrogens (tertiary/aromatic N) is 3. The van der Waals surface area contributed by atoms with E-state index < -0.39 is 5.97 Å². The minimum Gasteiger partial charge on any atom is -0.475 e. The summed E-state index contributed by atoms with van der Waals surface area (Å²) in [6.07, 6.45) is 0. The molecule has 1 heterocycles. The second kappa shape index (κ2) is 5.44. The highest BCUT2D eigenvalue weighted by molar-refractivity contribution is 5.84. The average Bonchev–Trinajstić information content (AvgIpc) is 2.96. The van der Waals surface area contributed by atoms with Gasteiger partial charge < -0.3 is 5.11 Å². The molecule has 0 unspecified atom stereocenters. The number of hydrogen-bond donors (Lipinski definition) is 1. The van der Waals surface area contributed by atoms with E-state index >= 15 is 0 Å². The summed E-state index contributed by atoms with van der Waals surface area (Å²) in [6.45, 7) is 4.04. The number of carbonyl (C=O) groups is 1. The Morgan fingerprint density at radius 3 is 2.41 bits per heavy atom. The summed E-state index contributed by atoms with van der Waals surface area (Å²) in [4.78, 5) is 15.4. The van der Waals surface area contributed by atoms with Crippen molar-refractivity contribution in [1.29, 1.82) is 0 Å². The number of carboxylic acid groups (broad SMARTS) is 1. The Kier molecular flexibility index (Phi) is 3.47. The molecule has 0 aliphatic rings. The molecule has 2 aromatic carbocycles. The fraction of sp³-hybridized carbons (Fsp3) is 0.118. The van der Waals surface area contributed by atoms with Crippen LogP contribution in [0.5, 0.6) is 0 Å². The van der Waals surface area contributed by atoms with Crippen LogP contribution in [0, 0.1) is 13.8 Å². The standard InChI is InChI=1S/C17H15N3O2/c1-11-8-9-14(10-12(11)2)20-16(13-6-4-3-5-7-13)18-15(19-20)17(21)22/h3-10H,1-2H3,(H,21,22). The molecule has 0 fully saturated rings. The molecule has 1 aromatic heterocycles. The maximum atomic E-state index is 11.2. The van der Waals surface area contributed by atoms with Crippen LogP contribution in [-0.2, 0) is 0 Å². The fourth-order valence-corrected chi connectivity index (χ4v) is 2.21. The van der Waals surface area contributed by atoms with E-state index in [2.05, 4.69) is 10.1 Å². The molecule has 110 valence electrons. The Bertz CT molecular complexity index is 838. The van der Waals surface area contributed by atoms with Gasteiger partial charge in [0.15, 0.2) is 5.82 Å².